The van der Waals surface area contributed by atoms with Gasteiger partial charge >= 0.3 is 5.97 Å². The Balaban J connectivity index is 1.35. The second-order valence-corrected chi connectivity index (χ2v) is 8.34. The summed E-state index contributed by atoms with van der Waals surface area (Å²) in [6.45, 7) is 0.265. The van der Waals surface area contributed by atoms with Crippen molar-refractivity contribution >= 4 is 23.7 Å². The third kappa shape index (κ3) is 6.03. The molecule has 3 rings (SSSR count). The van der Waals surface area contributed by atoms with Crippen LogP contribution in [0.5, 0.6) is 0 Å². The van der Waals surface area contributed by atoms with Gasteiger partial charge in [0.15, 0.2) is 0 Å². The average molecular weight is 447 g/mol. The van der Waals surface area contributed by atoms with Gasteiger partial charge in [0.2, 0.25) is 17.7 Å². The number of pyridine rings is 1. The number of carboxylic acids is 1. The molecular weight excluding hydrogens is 416 g/mol. The number of nitrogens with zero attached hydrogens (tertiary/aromatic N) is 2. The first kappa shape index (κ1) is 23.6. The van der Waals surface area contributed by atoms with Gasteiger partial charge in [0, 0.05) is 38.4 Å². The second-order valence-electron chi connectivity index (χ2n) is 8.34. The molecule has 1 aromatic heterocycles. The van der Waals surface area contributed by atoms with Gasteiger partial charge in [-0.15, -0.1) is 0 Å². The molecule has 10 nitrogen and oxygen atoms in total. The fourth-order valence-electron chi connectivity index (χ4n) is 4.41. The number of nitrogens with one attached hydrogen (secondary N) is 2. The topological polar surface area (TPSA) is 138 Å². The number of aliphatic carboxylic acids is 1. The quantitative estimate of drug-likeness (QED) is 0.470. The van der Waals surface area contributed by atoms with Gasteiger partial charge in [-0.2, -0.15) is 0 Å². The van der Waals surface area contributed by atoms with Crippen LogP contribution < -0.4 is 10.6 Å². The first-order chi connectivity index (χ1) is 15.4. The molecule has 32 heavy (non-hydrogen) atoms. The zero-order valence-electron chi connectivity index (χ0n) is 18.2. The first-order valence-corrected chi connectivity index (χ1v) is 10.9. The van der Waals surface area contributed by atoms with Crippen molar-refractivity contribution in [1.82, 2.24) is 20.5 Å². The Labute approximate surface area is 186 Å². The van der Waals surface area contributed by atoms with Crippen LogP contribution in [0.4, 0.5) is 0 Å². The average Bonchev–Trinajstić information content (AvgIpc) is 3.08. The van der Waals surface area contributed by atoms with Crippen molar-refractivity contribution < 1.29 is 29.0 Å². The van der Waals surface area contributed by atoms with E-state index in [-0.39, 0.29) is 61.9 Å². The van der Waals surface area contributed by atoms with E-state index >= 15 is 0 Å². The van der Waals surface area contributed by atoms with Crippen LogP contribution in [-0.2, 0) is 23.9 Å². The highest BCUT2D eigenvalue weighted by Gasteiger charge is 2.42. The smallest absolute Gasteiger partial charge is 0.306 e. The van der Waals surface area contributed by atoms with Crippen LogP contribution >= 0.6 is 0 Å². The summed E-state index contributed by atoms with van der Waals surface area (Å²) < 4.78 is 5.35. The molecule has 1 saturated carbocycles. The number of rotatable bonds is 9. The minimum atomic E-state index is -0.777. The molecule has 1 aliphatic heterocycles. The number of carboxylic acid groups (broad SMARTS) is 1. The Hall–Kier alpha value is -3.01. The van der Waals surface area contributed by atoms with Gasteiger partial charge in [0.25, 0.3) is 0 Å². The highest BCUT2D eigenvalue weighted by molar-refractivity contribution is 5.90. The van der Waals surface area contributed by atoms with Crippen LogP contribution in [0.1, 0.15) is 43.7 Å². The van der Waals surface area contributed by atoms with Crippen LogP contribution in [0, 0.1) is 11.8 Å². The van der Waals surface area contributed by atoms with Crippen LogP contribution in [0.2, 0.25) is 0 Å². The molecule has 2 aliphatic rings. The molecule has 2 fully saturated rings. The van der Waals surface area contributed by atoms with Crippen molar-refractivity contribution in [2.45, 2.75) is 44.2 Å². The standard InChI is InChI=1S/C22H30N4O6/c1-26-19(28)11-17(20(26)15-3-2-8-23-12-15)21(29)24-9-10-32-13-18(27)25-16-6-4-14(5-7-16)22(30)31/h2-3,8,12,14,16-17,20H,4-7,9-11,13H2,1H3,(H,24,29)(H,25,27)(H,30,31)/t14?,16?,17-,20+/m0/s1. The molecule has 0 spiro atoms. The van der Waals surface area contributed by atoms with Crippen LogP contribution in [0.15, 0.2) is 24.5 Å². The summed E-state index contributed by atoms with van der Waals surface area (Å²) in [6.07, 6.45) is 5.85. The third-order valence-corrected chi connectivity index (χ3v) is 6.17. The highest BCUT2D eigenvalue weighted by Crippen LogP contribution is 2.36. The predicted octanol–water partition coefficient (Wildman–Crippen LogP) is 0.493. The SMILES string of the molecule is CN1C(=O)C[C@H](C(=O)NCCOCC(=O)NC2CCC(C(=O)O)CC2)[C@H]1c1cccnc1. The van der Waals surface area contributed by atoms with Gasteiger partial charge in [-0.3, -0.25) is 24.2 Å². The number of hydrogen-bond acceptors (Lipinski definition) is 6. The zero-order valence-corrected chi connectivity index (χ0v) is 18.2. The maximum atomic E-state index is 12.7. The van der Waals surface area contributed by atoms with Gasteiger partial charge in [-0.1, -0.05) is 6.07 Å². The van der Waals surface area contributed by atoms with Crippen molar-refractivity contribution in [3.63, 3.8) is 0 Å². The summed E-state index contributed by atoms with van der Waals surface area (Å²) in [7, 11) is 1.68. The summed E-state index contributed by atoms with van der Waals surface area (Å²) >= 11 is 0. The fourth-order valence-corrected chi connectivity index (χ4v) is 4.41. The van der Waals surface area contributed by atoms with E-state index in [1.54, 1.807) is 30.4 Å². The lowest BCUT2D eigenvalue weighted by molar-refractivity contribution is -0.143. The van der Waals surface area contributed by atoms with E-state index in [1.807, 2.05) is 6.07 Å². The van der Waals surface area contributed by atoms with Crippen LogP contribution in [-0.4, -0.2) is 71.5 Å². The lowest BCUT2D eigenvalue weighted by Crippen LogP contribution is -2.41. The molecule has 1 aromatic rings. The molecule has 2 atom stereocenters. The van der Waals surface area contributed by atoms with E-state index in [4.69, 9.17) is 9.84 Å². The summed E-state index contributed by atoms with van der Waals surface area (Å²) in [5, 5.41) is 14.7. The van der Waals surface area contributed by atoms with Crippen LogP contribution in [0.25, 0.3) is 0 Å². The van der Waals surface area contributed by atoms with Crippen LogP contribution in [0.3, 0.4) is 0 Å². The summed E-state index contributed by atoms with van der Waals surface area (Å²) in [4.78, 5) is 53.5. The molecule has 1 aliphatic carbocycles. The number of ether oxygens (including phenoxy) is 1. The largest absolute Gasteiger partial charge is 0.481 e. The molecule has 10 heteroatoms. The molecule has 0 aromatic carbocycles. The van der Waals surface area contributed by atoms with Gasteiger partial charge in [0.1, 0.15) is 6.61 Å². The van der Waals surface area contributed by atoms with Gasteiger partial charge < -0.3 is 25.4 Å². The molecule has 0 unspecified atom stereocenters. The normalized spacial score (nSPS) is 25.4. The number of hydrogen-bond donors (Lipinski definition) is 3. The third-order valence-electron chi connectivity index (χ3n) is 6.17. The Morgan fingerprint density at radius 3 is 2.66 bits per heavy atom. The van der Waals surface area contributed by atoms with E-state index in [0.29, 0.717) is 25.7 Å². The van der Waals surface area contributed by atoms with Gasteiger partial charge in [-0.05, 0) is 37.3 Å². The number of carbonyl (C=O) groups excluding carboxylic acids is 3. The minimum absolute atomic E-state index is 0.0253. The molecule has 2 heterocycles. The van der Waals surface area contributed by atoms with E-state index in [1.165, 1.54) is 0 Å². The molecule has 0 bridgehead atoms. The van der Waals surface area contributed by atoms with Crippen molar-refractivity contribution in [3.8, 4) is 0 Å². The summed E-state index contributed by atoms with van der Waals surface area (Å²) in [6, 6.07) is 3.24. The van der Waals surface area contributed by atoms with Crippen molar-refractivity contribution in [1.29, 1.82) is 0 Å². The molecule has 1 saturated heterocycles. The molecule has 174 valence electrons. The summed E-state index contributed by atoms with van der Waals surface area (Å²) in [5.74, 6) is -2.20. The van der Waals surface area contributed by atoms with Gasteiger partial charge in [-0.25, -0.2) is 0 Å². The highest BCUT2D eigenvalue weighted by atomic mass is 16.5. The Morgan fingerprint density at radius 1 is 1.25 bits per heavy atom. The Bertz CT molecular complexity index is 825. The maximum Gasteiger partial charge on any atom is 0.306 e. The summed E-state index contributed by atoms with van der Waals surface area (Å²) in [5.41, 5.74) is 0.811. The molecule has 3 N–H and O–H groups in total. The first-order valence-electron chi connectivity index (χ1n) is 10.9. The monoisotopic (exact) mass is 446 g/mol. The predicted molar refractivity (Wildman–Crippen MR) is 113 cm³/mol. The zero-order chi connectivity index (χ0) is 23.1. The van der Waals surface area contributed by atoms with E-state index in [2.05, 4.69) is 15.6 Å². The molecular formula is C22H30N4O6. The van der Waals surface area contributed by atoms with E-state index in [0.717, 1.165) is 5.56 Å². The lowest BCUT2D eigenvalue weighted by atomic mass is 9.86. The molecule has 3 amide bonds. The second kappa shape index (κ2) is 11.0. The van der Waals surface area contributed by atoms with Crippen molar-refractivity contribution in [3.05, 3.63) is 30.1 Å². The van der Waals surface area contributed by atoms with E-state index < -0.39 is 11.9 Å². The Kier molecular flexibility index (Phi) is 8.15. The number of likely N-dealkylation sites (tertiary alicyclic amines) is 1. The number of amides is 3. The van der Waals surface area contributed by atoms with Crippen molar-refractivity contribution in [2.24, 2.45) is 11.8 Å². The number of carbonyl (C=O) groups is 4. The fraction of sp³-hybridized carbons (Fsp3) is 0.591. The Morgan fingerprint density at radius 2 is 2.00 bits per heavy atom. The lowest BCUT2D eigenvalue weighted by Gasteiger charge is -2.26. The van der Waals surface area contributed by atoms with Crippen molar-refractivity contribution in [2.75, 3.05) is 26.8 Å². The number of aromatic nitrogens is 1. The van der Waals surface area contributed by atoms with Gasteiger partial charge in [0.05, 0.1) is 24.5 Å². The van der Waals surface area contributed by atoms with E-state index in [9.17, 15) is 19.2 Å². The molecule has 0 radical (unpaired) electrons. The maximum absolute atomic E-state index is 12.7. The minimum Gasteiger partial charge on any atom is -0.481 e.